The van der Waals surface area contributed by atoms with Gasteiger partial charge in [-0.2, -0.15) is 0 Å². The summed E-state index contributed by atoms with van der Waals surface area (Å²) in [5, 5.41) is 8.71. The van der Waals surface area contributed by atoms with Crippen LogP contribution in [0.2, 0.25) is 0 Å². The Bertz CT molecular complexity index is 776. The van der Waals surface area contributed by atoms with Crippen LogP contribution in [0.25, 0.3) is 6.08 Å². The first kappa shape index (κ1) is 17.6. The fourth-order valence-electron chi connectivity index (χ4n) is 2.47. The van der Waals surface area contributed by atoms with E-state index in [1.165, 1.54) is 23.8 Å². The Hall–Kier alpha value is -2.26. The molecule has 3 rings (SSSR count). The number of rotatable bonds is 6. The number of carboxylic acid groups (broad SMARTS) is 1. The van der Waals surface area contributed by atoms with Crippen molar-refractivity contribution in [3.63, 3.8) is 0 Å². The summed E-state index contributed by atoms with van der Waals surface area (Å²) in [5.74, 6) is 0.507. The maximum absolute atomic E-state index is 12.5. The molecule has 0 radical (unpaired) electrons. The number of thioether (sulfide) groups is 1. The maximum Gasteiger partial charge on any atom is 0.303 e. The minimum absolute atomic E-state index is 0.00450. The predicted octanol–water partition coefficient (Wildman–Crippen LogP) is 2.49. The third-order valence-electron chi connectivity index (χ3n) is 3.62. The number of fused-ring (bicyclic) bond motifs is 1. The second-order valence-electron chi connectivity index (χ2n) is 5.29. The van der Waals surface area contributed by atoms with E-state index < -0.39 is 5.97 Å². The lowest BCUT2D eigenvalue weighted by molar-refractivity contribution is -0.137. The van der Waals surface area contributed by atoms with Crippen molar-refractivity contribution >= 4 is 46.3 Å². The molecule has 1 amide bonds. The molecular formula is C16H15NO6S2. The topological polar surface area (TPSA) is 85.3 Å². The summed E-state index contributed by atoms with van der Waals surface area (Å²) < 4.78 is 16.4. The Morgan fingerprint density at radius 3 is 3.00 bits per heavy atom. The lowest BCUT2D eigenvalue weighted by Gasteiger charge is -2.13. The molecule has 1 saturated heterocycles. The minimum atomic E-state index is -0.895. The molecule has 0 bridgehead atoms. The van der Waals surface area contributed by atoms with Gasteiger partial charge in [0.05, 0.1) is 12.0 Å². The Balaban J connectivity index is 1.79. The second-order valence-corrected chi connectivity index (χ2v) is 6.96. The van der Waals surface area contributed by atoms with Crippen LogP contribution in [0.1, 0.15) is 18.4 Å². The largest absolute Gasteiger partial charge is 0.493 e. The lowest BCUT2D eigenvalue weighted by Crippen LogP contribution is -2.29. The molecule has 7 nitrogen and oxygen atoms in total. The van der Waals surface area contributed by atoms with E-state index in [9.17, 15) is 9.59 Å². The highest BCUT2D eigenvalue weighted by Gasteiger charge is 2.32. The van der Waals surface area contributed by atoms with Crippen molar-refractivity contribution in [2.24, 2.45) is 0 Å². The van der Waals surface area contributed by atoms with E-state index in [1.54, 1.807) is 18.2 Å². The van der Waals surface area contributed by atoms with E-state index in [0.717, 1.165) is 5.56 Å². The SMILES string of the molecule is COc1cc(/C=C2\SC(=S)N(CCCC(=O)O)C2=O)cc2c1OCO2. The van der Waals surface area contributed by atoms with Gasteiger partial charge in [0.2, 0.25) is 12.5 Å². The van der Waals surface area contributed by atoms with Gasteiger partial charge in [0.25, 0.3) is 5.91 Å². The summed E-state index contributed by atoms with van der Waals surface area (Å²) in [7, 11) is 1.53. The van der Waals surface area contributed by atoms with E-state index in [4.69, 9.17) is 31.5 Å². The van der Waals surface area contributed by atoms with Crippen LogP contribution in [0.15, 0.2) is 17.0 Å². The third kappa shape index (κ3) is 3.72. The highest BCUT2D eigenvalue weighted by Crippen LogP contribution is 2.43. The van der Waals surface area contributed by atoms with Crippen LogP contribution >= 0.6 is 24.0 Å². The van der Waals surface area contributed by atoms with E-state index in [-0.39, 0.29) is 19.1 Å². The number of carbonyl (C=O) groups is 2. The number of ether oxygens (including phenoxy) is 3. The van der Waals surface area contributed by atoms with Crippen molar-refractivity contribution in [1.82, 2.24) is 4.90 Å². The number of methoxy groups -OCH3 is 1. The van der Waals surface area contributed by atoms with Gasteiger partial charge in [0, 0.05) is 13.0 Å². The van der Waals surface area contributed by atoms with Crippen molar-refractivity contribution in [1.29, 1.82) is 0 Å². The van der Waals surface area contributed by atoms with Crippen molar-refractivity contribution in [3.05, 3.63) is 22.6 Å². The number of nitrogens with zero attached hydrogens (tertiary/aromatic N) is 1. The zero-order valence-electron chi connectivity index (χ0n) is 13.3. The number of carbonyl (C=O) groups excluding carboxylic acids is 1. The molecule has 0 saturated carbocycles. The summed E-state index contributed by atoms with van der Waals surface area (Å²) in [6.07, 6.45) is 2.06. The van der Waals surface area contributed by atoms with Gasteiger partial charge in [-0.3, -0.25) is 14.5 Å². The number of hydrogen-bond acceptors (Lipinski definition) is 7. The van der Waals surface area contributed by atoms with Crippen LogP contribution in [-0.4, -0.2) is 46.7 Å². The average molecular weight is 381 g/mol. The average Bonchev–Trinajstić information content (AvgIpc) is 3.13. The fourth-order valence-corrected chi connectivity index (χ4v) is 3.77. The Morgan fingerprint density at radius 1 is 1.48 bits per heavy atom. The Labute approximate surface area is 153 Å². The third-order valence-corrected chi connectivity index (χ3v) is 5.00. The van der Waals surface area contributed by atoms with Gasteiger partial charge in [-0.05, 0) is 30.2 Å². The molecule has 1 fully saturated rings. The molecule has 1 N–H and O–H groups in total. The summed E-state index contributed by atoms with van der Waals surface area (Å²) in [4.78, 5) is 25.0. The van der Waals surface area contributed by atoms with Crippen LogP contribution in [0.4, 0.5) is 0 Å². The number of hydrogen-bond donors (Lipinski definition) is 1. The van der Waals surface area contributed by atoms with Crippen molar-refractivity contribution < 1.29 is 28.9 Å². The Morgan fingerprint density at radius 2 is 2.28 bits per heavy atom. The molecule has 2 aliphatic rings. The lowest BCUT2D eigenvalue weighted by atomic mass is 10.1. The van der Waals surface area contributed by atoms with Crippen LogP contribution in [0.5, 0.6) is 17.2 Å². The Kier molecular flexibility index (Phi) is 5.14. The standard InChI is InChI=1S/C16H15NO6S2/c1-21-10-5-9(6-11-14(10)23-8-22-11)7-12-15(20)17(16(24)25-12)4-2-3-13(18)19/h5-7H,2-4,8H2,1H3,(H,18,19)/b12-7-. The van der Waals surface area contributed by atoms with Crippen LogP contribution in [0, 0.1) is 0 Å². The highest BCUT2D eigenvalue weighted by atomic mass is 32.2. The molecule has 2 aliphatic heterocycles. The minimum Gasteiger partial charge on any atom is -0.493 e. The molecule has 0 atom stereocenters. The second kappa shape index (κ2) is 7.32. The molecule has 132 valence electrons. The zero-order valence-corrected chi connectivity index (χ0v) is 14.9. The van der Waals surface area contributed by atoms with Crippen molar-refractivity contribution in [2.45, 2.75) is 12.8 Å². The molecule has 2 heterocycles. The van der Waals surface area contributed by atoms with Crippen LogP contribution < -0.4 is 14.2 Å². The number of carboxylic acids is 1. The summed E-state index contributed by atoms with van der Waals surface area (Å²) in [5.41, 5.74) is 0.729. The monoisotopic (exact) mass is 381 g/mol. The van der Waals surface area contributed by atoms with E-state index in [1.807, 2.05) is 0 Å². The highest BCUT2D eigenvalue weighted by molar-refractivity contribution is 8.26. The van der Waals surface area contributed by atoms with E-state index in [2.05, 4.69) is 0 Å². The maximum atomic E-state index is 12.5. The predicted molar refractivity (Wildman–Crippen MR) is 95.9 cm³/mol. The normalized spacial score (nSPS) is 17.5. The summed E-state index contributed by atoms with van der Waals surface area (Å²) in [6.45, 7) is 0.416. The van der Waals surface area contributed by atoms with Crippen LogP contribution in [-0.2, 0) is 9.59 Å². The van der Waals surface area contributed by atoms with E-state index >= 15 is 0 Å². The molecule has 9 heteroatoms. The molecular weight excluding hydrogens is 366 g/mol. The van der Waals surface area contributed by atoms with Crippen molar-refractivity contribution in [2.75, 3.05) is 20.4 Å². The molecule has 1 aromatic carbocycles. The van der Waals surface area contributed by atoms with Crippen LogP contribution in [0.3, 0.4) is 0 Å². The fraction of sp³-hybridized carbons (Fsp3) is 0.312. The van der Waals surface area contributed by atoms with E-state index in [0.29, 0.717) is 39.4 Å². The van der Waals surface area contributed by atoms with Gasteiger partial charge < -0.3 is 19.3 Å². The van der Waals surface area contributed by atoms with Gasteiger partial charge in [-0.15, -0.1) is 0 Å². The molecule has 1 aromatic rings. The molecule has 0 aliphatic carbocycles. The first-order valence-electron chi connectivity index (χ1n) is 7.44. The quantitative estimate of drug-likeness (QED) is 0.594. The van der Waals surface area contributed by atoms with Gasteiger partial charge in [-0.25, -0.2) is 0 Å². The number of aliphatic carboxylic acids is 1. The molecule has 0 unspecified atom stereocenters. The zero-order chi connectivity index (χ0) is 18.0. The number of benzene rings is 1. The molecule has 0 spiro atoms. The molecule has 0 aromatic heterocycles. The first-order chi connectivity index (χ1) is 12.0. The summed E-state index contributed by atoms with van der Waals surface area (Å²) >= 11 is 6.42. The smallest absolute Gasteiger partial charge is 0.303 e. The van der Waals surface area contributed by atoms with Crippen molar-refractivity contribution in [3.8, 4) is 17.2 Å². The summed E-state index contributed by atoms with van der Waals surface area (Å²) in [6, 6.07) is 3.52. The van der Waals surface area contributed by atoms with Gasteiger partial charge in [-0.1, -0.05) is 24.0 Å². The number of amides is 1. The van der Waals surface area contributed by atoms with Gasteiger partial charge in [0.15, 0.2) is 11.5 Å². The van der Waals surface area contributed by atoms with Gasteiger partial charge in [0.1, 0.15) is 4.32 Å². The number of thiocarbonyl (C=S) groups is 1. The van der Waals surface area contributed by atoms with Gasteiger partial charge >= 0.3 is 5.97 Å². The molecule has 25 heavy (non-hydrogen) atoms. The first-order valence-corrected chi connectivity index (χ1v) is 8.67.